The molecule has 172 valence electrons. The van der Waals surface area contributed by atoms with E-state index in [2.05, 4.69) is 25.3 Å². The quantitative estimate of drug-likeness (QED) is 0.477. The van der Waals surface area contributed by atoms with E-state index in [0.717, 1.165) is 0 Å². The van der Waals surface area contributed by atoms with Gasteiger partial charge in [-0.25, -0.2) is 23.1 Å². The number of likely N-dealkylation sites (tertiary alicyclic amines) is 1. The van der Waals surface area contributed by atoms with Gasteiger partial charge in [0, 0.05) is 49.4 Å². The van der Waals surface area contributed by atoms with Gasteiger partial charge in [0.15, 0.2) is 5.82 Å². The molecule has 0 spiro atoms. The number of amides is 1. The number of likely N-dealkylation sites (N-methyl/N-ethyl adjacent to an activating group) is 1. The number of anilines is 1. The minimum atomic E-state index is -2.58. The molecular formula is C22H22F3N7O. The van der Waals surface area contributed by atoms with Crippen molar-refractivity contribution in [2.75, 3.05) is 18.9 Å². The first-order valence-corrected chi connectivity index (χ1v) is 10.6. The van der Waals surface area contributed by atoms with Gasteiger partial charge in [0.05, 0.1) is 12.1 Å². The first-order chi connectivity index (χ1) is 15.8. The second-order valence-corrected chi connectivity index (χ2v) is 8.30. The minimum Gasteiger partial charge on any atom is -0.350 e. The molecular weight excluding hydrogens is 435 g/mol. The van der Waals surface area contributed by atoms with Crippen LogP contribution in [0.3, 0.4) is 0 Å². The molecule has 11 heteroatoms. The molecule has 0 bridgehead atoms. The number of aromatic nitrogens is 5. The first-order valence-electron chi connectivity index (χ1n) is 10.6. The van der Waals surface area contributed by atoms with Crippen LogP contribution < -0.4 is 5.32 Å². The van der Waals surface area contributed by atoms with Crippen molar-refractivity contribution < 1.29 is 18.0 Å². The summed E-state index contributed by atoms with van der Waals surface area (Å²) in [4.78, 5) is 29.5. The fraction of sp³-hybridized carbons (Fsp3) is 0.364. The van der Waals surface area contributed by atoms with E-state index < -0.39 is 18.8 Å². The Morgan fingerprint density at radius 3 is 2.88 bits per heavy atom. The lowest BCUT2D eigenvalue weighted by Crippen LogP contribution is -2.43. The van der Waals surface area contributed by atoms with Gasteiger partial charge in [-0.2, -0.15) is 4.98 Å². The van der Waals surface area contributed by atoms with Gasteiger partial charge in [0.25, 0.3) is 6.43 Å². The number of carbonyl (C=O) groups excluding carboxylic acids is 1. The summed E-state index contributed by atoms with van der Waals surface area (Å²) in [7, 11) is 1.77. The van der Waals surface area contributed by atoms with Crippen LogP contribution in [0.1, 0.15) is 18.7 Å². The summed E-state index contributed by atoms with van der Waals surface area (Å²) in [5.74, 6) is 0.293. The van der Waals surface area contributed by atoms with Crippen molar-refractivity contribution in [3.63, 3.8) is 0 Å². The Hall–Kier alpha value is -3.63. The number of hydrogen-bond acceptors (Lipinski definition) is 5. The Labute approximate surface area is 186 Å². The molecule has 1 amide bonds. The summed E-state index contributed by atoms with van der Waals surface area (Å²) in [5.41, 5.74) is 2.10. The summed E-state index contributed by atoms with van der Waals surface area (Å²) in [6.45, 7) is 1.59. The Balaban J connectivity index is 1.48. The highest BCUT2D eigenvalue weighted by atomic mass is 19.3. The maximum atomic E-state index is 14.8. The highest BCUT2D eigenvalue weighted by Crippen LogP contribution is 2.32. The smallest absolute Gasteiger partial charge is 0.256 e. The zero-order chi connectivity index (χ0) is 23.3. The van der Waals surface area contributed by atoms with Crippen molar-refractivity contribution in [2.24, 2.45) is 0 Å². The Morgan fingerprint density at radius 1 is 1.30 bits per heavy atom. The monoisotopic (exact) mass is 457 g/mol. The summed E-state index contributed by atoms with van der Waals surface area (Å²) in [6, 6.07) is 3.05. The van der Waals surface area contributed by atoms with Crippen LogP contribution >= 0.6 is 0 Å². The van der Waals surface area contributed by atoms with E-state index in [0.29, 0.717) is 58.8 Å². The van der Waals surface area contributed by atoms with Crippen LogP contribution in [0, 0.1) is 12.7 Å². The first kappa shape index (κ1) is 21.2. The van der Waals surface area contributed by atoms with Crippen LogP contribution in [0.2, 0.25) is 0 Å². The van der Waals surface area contributed by atoms with Crippen LogP contribution in [0.4, 0.5) is 19.1 Å². The van der Waals surface area contributed by atoms with Gasteiger partial charge < -0.3 is 19.8 Å². The molecule has 0 saturated carbocycles. The lowest BCUT2D eigenvalue weighted by molar-refractivity contribution is -0.132. The fourth-order valence-electron chi connectivity index (χ4n) is 4.35. The van der Waals surface area contributed by atoms with Crippen molar-refractivity contribution in [1.82, 2.24) is 29.4 Å². The summed E-state index contributed by atoms with van der Waals surface area (Å²) in [6.07, 6.45) is 1.92. The number of alkyl halides is 2. The maximum absolute atomic E-state index is 14.8. The van der Waals surface area contributed by atoms with E-state index in [-0.39, 0.29) is 17.5 Å². The Bertz CT molecular complexity index is 1360. The maximum Gasteiger partial charge on any atom is 0.256 e. The molecule has 0 radical (unpaired) electrons. The molecule has 8 nitrogen and oxygen atoms in total. The van der Waals surface area contributed by atoms with Gasteiger partial charge in [-0.05, 0) is 31.0 Å². The van der Waals surface area contributed by atoms with E-state index in [1.807, 2.05) is 0 Å². The van der Waals surface area contributed by atoms with Crippen LogP contribution in [-0.4, -0.2) is 61.4 Å². The number of nitrogens with one attached hydrogen (secondary N) is 2. The van der Waals surface area contributed by atoms with E-state index in [1.54, 1.807) is 37.3 Å². The van der Waals surface area contributed by atoms with Crippen LogP contribution in [-0.2, 0) is 11.3 Å². The fourth-order valence-corrected chi connectivity index (χ4v) is 4.35. The van der Waals surface area contributed by atoms with Crippen LogP contribution in [0.5, 0.6) is 0 Å². The highest BCUT2D eigenvalue weighted by Gasteiger charge is 2.23. The largest absolute Gasteiger partial charge is 0.350 e. The van der Waals surface area contributed by atoms with Crippen molar-refractivity contribution in [3.05, 3.63) is 36.2 Å². The van der Waals surface area contributed by atoms with E-state index >= 15 is 0 Å². The van der Waals surface area contributed by atoms with Gasteiger partial charge in [0.1, 0.15) is 17.0 Å². The molecule has 3 aromatic heterocycles. The number of halogens is 3. The van der Waals surface area contributed by atoms with Gasteiger partial charge >= 0.3 is 0 Å². The third kappa shape index (κ3) is 3.87. The molecule has 33 heavy (non-hydrogen) atoms. The molecule has 1 aromatic carbocycles. The molecule has 2 N–H and O–H groups in total. The number of rotatable bonds is 5. The van der Waals surface area contributed by atoms with Gasteiger partial charge in [-0.3, -0.25) is 4.79 Å². The molecule has 4 heterocycles. The predicted molar refractivity (Wildman–Crippen MR) is 118 cm³/mol. The van der Waals surface area contributed by atoms with E-state index in [4.69, 9.17) is 0 Å². The van der Waals surface area contributed by atoms with Crippen LogP contribution in [0.15, 0.2) is 24.5 Å². The Kier molecular flexibility index (Phi) is 5.18. The van der Waals surface area contributed by atoms with Crippen LogP contribution in [0.25, 0.3) is 33.2 Å². The van der Waals surface area contributed by atoms with Crippen molar-refractivity contribution in [1.29, 1.82) is 0 Å². The average molecular weight is 457 g/mol. The second-order valence-electron chi connectivity index (χ2n) is 8.30. The molecule has 0 unspecified atom stereocenters. The molecule has 1 aliphatic rings. The second kappa shape index (κ2) is 8.05. The van der Waals surface area contributed by atoms with E-state index in [1.165, 1.54) is 10.6 Å². The highest BCUT2D eigenvalue weighted by molar-refractivity contribution is 5.96. The number of aromatic amines is 1. The van der Waals surface area contributed by atoms with Gasteiger partial charge in [-0.1, -0.05) is 0 Å². The molecule has 4 aromatic rings. The number of hydrogen-bond donors (Lipinski definition) is 2. The normalized spacial score (nSPS) is 17.0. The molecule has 1 atom stereocenters. The predicted octanol–water partition coefficient (Wildman–Crippen LogP) is 3.72. The SMILES string of the molecule is Cc1nc2c(F)cc(-c3c[nH]c4nc(N[C@H]5CCC(=O)N(C)C5)ncc34)cc2n1CC(F)F. The zero-order valence-electron chi connectivity index (χ0n) is 18.1. The third-order valence-electron chi connectivity index (χ3n) is 6.02. The van der Waals surface area contributed by atoms with Gasteiger partial charge in [-0.15, -0.1) is 0 Å². The number of H-pyrrole nitrogens is 1. The van der Waals surface area contributed by atoms with E-state index in [9.17, 15) is 18.0 Å². The van der Waals surface area contributed by atoms with Crippen molar-refractivity contribution in [2.45, 2.75) is 38.8 Å². The topological polar surface area (TPSA) is 91.7 Å². The number of fused-ring (bicyclic) bond motifs is 2. The number of benzene rings is 1. The molecule has 0 aliphatic carbocycles. The number of piperidine rings is 1. The van der Waals surface area contributed by atoms with Gasteiger partial charge in [0.2, 0.25) is 11.9 Å². The number of carbonyl (C=O) groups is 1. The lowest BCUT2D eigenvalue weighted by atomic mass is 10.1. The van der Waals surface area contributed by atoms with Crippen molar-refractivity contribution in [3.8, 4) is 11.1 Å². The standard InChI is InChI=1S/C22H22F3N7O/c1-11-28-20-16(23)5-12(6-17(20)32(11)10-18(24)25)14-7-26-21-15(14)8-27-22(30-21)29-13-3-4-19(33)31(2)9-13/h5-8,13,18H,3-4,9-10H2,1-2H3,(H2,26,27,29,30)/t13-/m0/s1. The third-order valence-corrected chi connectivity index (χ3v) is 6.02. The van der Waals surface area contributed by atoms with Crippen molar-refractivity contribution >= 4 is 33.9 Å². The number of nitrogens with zero attached hydrogens (tertiary/aromatic N) is 5. The summed E-state index contributed by atoms with van der Waals surface area (Å²) >= 11 is 0. The average Bonchev–Trinajstić information content (AvgIpc) is 3.32. The molecule has 1 saturated heterocycles. The zero-order valence-corrected chi connectivity index (χ0v) is 18.1. The number of aryl methyl sites for hydroxylation is 1. The summed E-state index contributed by atoms with van der Waals surface area (Å²) < 4.78 is 42.2. The Morgan fingerprint density at radius 2 is 2.12 bits per heavy atom. The molecule has 1 aliphatic heterocycles. The number of imidazole rings is 1. The molecule has 5 rings (SSSR count). The molecule has 1 fully saturated rings. The summed E-state index contributed by atoms with van der Waals surface area (Å²) in [5, 5.41) is 3.93. The lowest BCUT2D eigenvalue weighted by Gasteiger charge is -2.30. The minimum absolute atomic E-state index is 0.0504.